The van der Waals surface area contributed by atoms with Gasteiger partial charge in [0.25, 0.3) is 0 Å². The van der Waals surface area contributed by atoms with Crippen molar-refractivity contribution in [3.05, 3.63) is 18.6 Å². The zero-order chi connectivity index (χ0) is 17.2. The molecule has 0 aliphatic carbocycles. The van der Waals surface area contributed by atoms with Crippen molar-refractivity contribution in [1.29, 1.82) is 5.26 Å². The zero-order valence-corrected chi connectivity index (χ0v) is 14.1. The van der Waals surface area contributed by atoms with Crippen molar-refractivity contribution in [3.63, 3.8) is 0 Å². The first-order valence-corrected chi connectivity index (χ1v) is 8.17. The van der Waals surface area contributed by atoms with E-state index in [9.17, 15) is 4.79 Å². The summed E-state index contributed by atoms with van der Waals surface area (Å²) in [5, 5.41) is 8.72. The maximum absolute atomic E-state index is 9.18. The number of fused-ring (bicyclic) bond motifs is 1. The number of nitriles is 1. The van der Waals surface area contributed by atoms with Gasteiger partial charge in [-0.25, -0.2) is 9.97 Å². The lowest BCUT2D eigenvalue weighted by Gasteiger charge is -2.54. The molecule has 7 nitrogen and oxygen atoms in total. The minimum absolute atomic E-state index is 0.0139. The molecule has 0 amide bonds. The van der Waals surface area contributed by atoms with Crippen molar-refractivity contribution in [3.8, 4) is 6.07 Å². The number of likely N-dealkylation sites (N-methyl/N-ethyl adjacent to an activating group) is 1. The van der Waals surface area contributed by atoms with E-state index in [0.29, 0.717) is 11.8 Å². The first kappa shape index (κ1) is 16.4. The number of rotatable bonds is 2. The minimum Gasteiger partial charge on any atom is -0.354 e. The molecule has 2 aromatic rings. The zero-order valence-electron chi connectivity index (χ0n) is 14.1. The van der Waals surface area contributed by atoms with Crippen molar-refractivity contribution in [2.45, 2.75) is 25.3 Å². The quantitative estimate of drug-likeness (QED) is 0.843. The van der Waals surface area contributed by atoms with Crippen LogP contribution < -0.4 is 4.90 Å². The second kappa shape index (κ2) is 6.57. The monoisotopic (exact) mass is 326 g/mol. The van der Waals surface area contributed by atoms with Crippen LogP contribution in [0, 0.1) is 17.2 Å². The molecule has 2 aliphatic heterocycles. The molecule has 2 fully saturated rings. The highest BCUT2D eigenvalue weighted by Gasteiger charge is 2.53. The number of anilines is 1. The van der Waals surface area contributed by atoms with Crippen LogP contribution in [0.25, 0.3) is 11.0 Å². The molecule has 7 heteroatoms. The molecule has 2 aliphatic rings. The van der Waals surface area contributed by atoms with Crippen LogP contribution in [0.3, 0.4) is 0 Å². The summed E-state index contributed by atoms with van der Waals surface area (Å²) in [6, 6.07) is 3.72. The summed E-state index contributed by atoms with van der Waals surface area (Å²) in [6.07, 6.45) is 5.42. The summed E-state index contributed by atoms with van der Waals surface area (Å²) in [4.78, 5) is 26.1. The maximum atomic E-state index is 9.18. The highest BCUT2D eigenvalue weighted by molar-refractivity contribution is 5.87. The van der Waals surface area contributed by atoms with Crippen molar-refractivity contribution in [2.24, 2.45) is 5.92 Å². The van der Waals surface area contributed by atoms with Gasteiger partial charge in [0, 0.05) is 31.4 Å². The average Bonchev–Trinajstić information content (AvgIpc) is 3.25. The van der Waals surface area contributed by atoms with Crippen molar-refractivity contribution in [2.75, 3.05) is 31.6 Å². The molecule has 0 saturated carbocycles. The molecule has 0 bridgehead atoms. The maximum Gasteiger partial charge on any atom is 0.142 e. The van der Waals surface area contributed by atoms with Crippen molar-refractivity contribution < 1.29 is 4.79 Å². The smallest absolute Gasteiger partial charge is 0.142 e. The van der Waals surface area contributed by atoms with Crippen LogP contribution in [-0.2, 0) is 4.79 Å². The lowest BCUT2D eigenvalue weighted by molar-refractivity contribution is -0.107. The molecule has 4 rings (SSSR count). The van der Waals surface area contributed by atoms with E-state index < -0.39 is 0 Å². The van der Waals surface area contributed by atoms with Gasteiger partial charge in [-0.1, -0.05) is 6.92 Å². The molecular weight excluding hydrogens is 304 g/mol. The lowest BCUT2D eigenvalue weighted by Crippen LogP contribution is -2.65. The van der Waals surface area contributed by atoms with Crippen LogP contribution in [0.1, 0.15) is 19.8 Å². The second-order valence-electron chi connectivity index (χ2n) is 6.52. The van der Waals surface area contributed by atoms with Crippen LogP contribution in [0.15, 0.2) is 18.6 Å². The lowest BCUT2D eigenvalue weighted by atomic mass is 9.75. The molecule has 126 valence electrons. The van der Waals surface area contributed by atoms with Gasteiger partial charge in [-0.05, 0) is 25.5 Å². The number of hydrogen-bond donors (Lipinski definition) is 1. The standard InChI is InChI=1S/C14H19N5.C3H3NO/c1-10-7-18(2)14(10)4-6-19(8-14)13-11-3-5-15-12(11)16-9-17-13;4-2-1-3-5/h3,5,9-10H,4,6-8H2,1-2H3,(H,15,16,17);3H,1H2. The number of H-pyrrole nitrogens is 1. The number of aldehydes is 1. The Balaban J connectivity index is 0.000000300. The number of nitrogens with one attached hydrogen (secondary N) is 1. The SMILES string of the molecule is CC1CN(C)C12CCN(c1ncnc3[nH]ccc13)C2.N#CCC=O. The number of carbonyl (C=O) groups is 1. The first-order valence-electron chi connectivity index (χ1n) is 8.17. The molecule has 0 aromatic carbocycles. The molecule has 2 aromatic heterocycles. The van der Waals surface area contributed by atoms with E-state index in [1.54, 1.807) is 12.4 Å². The average molecular weight is 326 g/mol. The molecular formula is C17H22N6O. The Hall–Kier alpha value is -2.46. The van der Waals surface area contributed by atoms with E-state index >= 15 is 0 Å². The Morgan fingerprint density at radius 3 is 2.96 bits per heavy atom. The molecule has 2 saturated heterocycles. The van der Waals surface area contributed by atoms with Gasteiger partial charge in [-0.3, -0.25) is 4.90 Å². The van der Waals surface area contributed by atoms with E-state index in [1.807, 2.05) is 6.20 Å². The summed E-state index contributed by atoms with van der Waals surface area (Å²) >= 11 is 0. The highest BCUT2D eigenvalue weighted by atomic mass is 16.1. The molecule has 2 atom stereocenters. The van der Waals surface area contributed by atoms with Gasteiger partial charge in [0.1, 0.15) is 24.1 Å². The third kappa shape index (κ3) is 2.63. The third-order valence-corrected chi connectivity index (χ3v) is 5.31. The molecule has 0 radical (unpaired) electrons. The van der Waals surface area contributed by atoms with Gasteiger partial charge >= 0.3 is 0 Å². The van der Waals surface area contributed by atoms with Crippen LogP contribution in [0.4, 0.5) is 5.82 Å². The Kier molecular flexibility index (Phi) is 4.49. The number of aromatic amines is 1. The number of carbonyl (C=O) groups excluding carboxylic acids is 1. The fourth-order valence-corrected chi connectivity index (χ4v) is 3.89. The first-order chi connectivity index (χ1) is 11.6. The largest absolute Gasteiger partial charge is 0.354 e. The van der Waals surface area contributed by atoms with E-state index in [1.165, 1.54) is 13.0 Å². The van der Waals surface area contributed by atoms with Gasteiger partial charge in [-0.2, -0.15) is 5.26 Å². The van der Waals surface area contributed by atoms with Gasteiger partial charge in [0.2, 0.25) is 0 Å². The Bertz CT molecular complexity index is 756. The summed E-state index contributed by atoms with van der Waals surface area (Å²) in [7, 11) is 2.25. The molecule has 24 heavy (non-hydrogen) atoms. The predicted molar refractivity (Wildman–Crippen MR) is 91.5 cm³/mol. The fourth-order valence-electron chi connectivity index (χ4n) is 3.89. The predicted octanol–water partition coefficient (Wildman–Crippen LogP) is 1.59. The Morgan fingerprint density at radius 2 is 2.38 bits per heavy atom. The van der Waals surface area contributed by atoms with Crippen molar-refractivity contribution >= 4 is 23.1 Å². The molecule has 1 spiro atoms. The van der Waals surface area contributed by atoms with E-state index in [-0.39, 0.29) is 6.42 Å². The topological polar surface area (TPSA) is 88.9 Å². The van der Waals surface area contributed by atoms with Crippen LogP contribution in [0.5, 0.6) is 0 Å². The van der Waals surface area contributed by atoms with Gasteiger partial charge < -0.3 is 14.7 Å². The summed E-state index contributed by atoms with van der Waals surface area (Å²) in [6.45, 7) is 5.76. The van der Waals surface area contributed by atoms with Crippen LogP contribution >= 0.6 is 0 Å². The molecule has 4 heterocycles. The Labute approximate surface area is 141 Å². The third-order valence-electron chi connectivity index (χ3n) is 5.31. The normalized spacial score (nSPS) is 25.9. The summed E-state index contributed by atoms with van der Waals surface area (Å²) in [5.74, 6) is 1.86. The number of likely N-dealkylation sites (tertiary alicyclic amines) is 1. The summed E-state index contributed by atoms with van der Waals surface area (Å²) < 4.78 is 0. The van der Waals surface area contributed by atoms with Crippen molar-refractivity contribution in [1.82, 2.24) is 19.9 Å². The van der Waals surface area contributed by atoms with E-state index in [2.05, 4.69) is 44.8 Å². The van der Waals surface area contributed by atoms with Gasteiger partial charge in [0.15, 0.2) is 0 Å². The van der Waals surface area contributed by atoms with E-state index in [0.717, 1.165) is 35.9 Å². The van der Waals surface area contributed by atoms with Gasteiger partial charge in [-0.15, -0.1) is 0 Å². The minimum atomic E-state index is 0.0139. The Morgan fingerprint density at radius 1 is 1.54 bits per heavy atom. The highest BCUT2D eigenvalue weighted by Crippen LogP contribution is 2.43. The second-order valence-corrected chi connectivity index (χ2v) is 6.52. The number of nitrogens with zero attached hydrogens (tertiary/aromatic N) is 5. The molecule has 1 N–H and O–H groups in total. The molecule has 2 unspecified atom stereocenters. The van der Waals surface area contributed by atoms with E-state index in [4.69, 9.17) is 5.26 Å². The van der Waals surface area contributed by atoms with Gasteiger partial charge in [0.05, 0.1) is 17.9 Å². The van der Waals surface area contributed by atoms with Crippen LogP contribution in [0.2, 0.25) is 0 Å². The summed E-state index contributed by atoms with van der Waals surface area (Å²) in [5.41, 5.74) is 1.30. The van der Waals surface area contributed by atoms with Crippen LogP contribution in [-0.4, -0.2) is 58.4 Å². The number of aromatic nitrogens is 3. The fraction of sp³-hybridized carbons (Fsp3) is 0.529. The number of hydrogen-bond acceptors (Lipinski definition) is 6.